The molecule has 5 unspecified atom stereocenters. The van der Waals surface area contributed by atoms with Gasteiger partial charge in [0.1, 0.15) is 0 Å². The molecule has 0 aromatic rings. The lowest BCUT2D eigenvalue weighted by Gasteiger charge is -2.28. The zero-order valence-electron chi connectivity index (χ0n) is 11.7. The Kier molecular flexibility index (Phi) is 5.47. The summed E-state index contributed by atoms with van der Waals surface area (Å²) in [6.45, 7) is 7.36. The van der Waals surface area contributed by atoms with Gasteiger partial charge in [-0.3, -0.25) is 4.79 Å². The number of carbonyl (C=O) groups excluding carboxylic acids is 1. The predicted molar refractivity (Wildman–Crippen MR) is 76.6 cm³/mol. The van der Waals surface area contributed by atoms with Crippen molar-refractivity contribution in [3.8, 4) is 0 Å². The maximum absolute atomic E-state index is 12.2. The van der Waals surface area contributed by atoms with Gasteiger partial charge in [-0.05, 0) is 42.9 Å². The summed E-state index contributed by atoms with van der Waals surface area (Å²) in [5, 5.41) is 3.10. The molecule has 2 aliphatic carbocycles. The van der Waals surface area contributed by atoms with Gasteiger partial charge in [0.2, 0.25) is 5.91 Å². The SMILES string of the molecule is CC(C)C(C)CNC(=O)C1C2CCC(C2)C1N.Cl. The predicted octanol–water partition coefficient (Wildman–Crippen LogP) is 2.19. The van der Waals surface area contributed by atoms with Crippen molar-refractivity contribution < 1.29 is 4.79 Å². The lowest BCUT2D eigenvalue weighted by atomic mass is 9.84. The molecule has 0 aliphatic heterocycles. The number of fused-ring (bicyclic) bond motifs is 2. The fraction of sp³-hybridized carbons (Fsp3) is 0.929. The molecule has 18 heavy (non-hydrogen) atoms. The van der Waals surface area contributed by atoms with E-state index in [1.165, 1.54) is 19.3 Å². The first-order valence-electron chi connectivity index (χ1n) is 7.04. The smallest absolute Gasteiger partial charge is 0.224 e. The van der Waals surface area contributed by atoms with Gasteiger partial charge in [0.05, 0.1) is 5.92 Å². The van der Waals surface area contributed by atoms with E-state index in [2.05, 4.69) is 26.1 Å². The third-order valence-electron chi connectivity index (χ3n) is 5.02. The van der Waals surface area contributed by atoms with Gasteiger partial charge < -0.3 is 11.1 Å². The van der Waals surface area contributed by atoms with E-state index in [1.54, 1.807) is 0 Å². The van der Waals surface area contributed by atoms with Gasteiger partial charge in [0.15, 0.2) is 0 Å². The van der Waals surface area contributed by atoms with Gasteiger partial charge in [0, 0.05) is 12.6 Å². The van der Waals surface area contributed by atoms with Gasteiger partial charge in [0.25, 0.3) is 0 Å². The maximum Gasteiger partial charge on any atom is 0.224 e. The van der Waals surface area contributed by atoms with Crippen LogP contribution in [0.5, 0.6) is 0 Å². The molecule has 0 spiro atoms. The van der Waals surface area contributed by atoms with Crippen LogP contribution in [0.25, 0.3) is 0 Å². The highest BCUT2D eigenvalue weighted by atomic mass is 35.5. The van der Waals surface area contributed by atoms with Crippen LogP contribution in [0.4, 0.5) is 0 Å². The molecular weight excluding hydrogens is 248 g/mol. The van der Waals surface area contributed by atoms with Crippen LogP contribution in [0.2, 0.25) is 0 Å². The Morgan fingerprint density at radius 3 is 2.39 bits per heavy atom. The number of nitrogens with two attached hydrogens (primary N) is 1. The third-order valence-corrected chi connectivity index (χ3v) is 5.02. The van der Waals surface area contributed by atoms with E-state index in [-0.39, 0.29) is 30.3 Å². The van der Waals surface area contributed by atoms with Crippen LogP contribution in [0, 0.1) is 29.6 Å². The number of hydrogen-bond donors (Lipinski definition) is 2. The first-order chi connectivity index (χ1) is 8.00. The summed E-state index contributed by atoms with van der Waals surface area (Å²) < 4.78 is 0. The Balaban J connectivity index is 0.00000162. The summed E-state index contributed by atoms with van der Waals surface area (Å²) in [5.41, 5.74) is 6.17. The number of carbonyl (C=O) groups is 1. The monoisotopic (exact) mass is 274 g/mol. The molecule has 0 heterocycles. The minimum Gasteiger partial charge on any atom is -0.356 e. The normalized spacial score (nSPS) is 35.4. The first-order valence-corrected chi connectivity index (χ1v) is 7.04. The molecule has 0 aromatic carbocycles. The standard InChI is InChI=1S/C14H26N2O.ClH/c1-8(2)9(3)7-16-14(17)12-10-4-5-11(6-10)13(12)15;/h8-13H,4-7,15H2,1-3H3,(H,16,17);1H. The van der Waals surface area contributed by atoms with Crippen LogP contribution in [0.1, 0.15) is 40.0 Å². The molecule has 2 fully saturated rings. The van der Waals surface area contributed by atoms with Crippen LogP contribution in [0.3, 0.4) is 0 Å². The molecular formula is C14H27ClN2O. The highest BCUT2D eigenvalue weighted by Crippen LogP contribution is 2.47. The quantitative estimate of drug-likeness (QED) is 0.826. The van der Waals surface area contributed by atoms with Crippen molar-refractivity contribution in [3.05, 3.63) is 0 Å². The van der Waals surface area contributed by atoms with Gasteiger partial charge in [-0.2, -0.15) is 0 Å². The van der Waals surface area contributed by atoms with E-state index in [1.807, 2.05) is 0 Å². The molecule has 0 aromatic heterocycles. The summed E-state index contributed by atoms with van der Waals surface area (Å²) in [6, 6.07) is 0.114. The third kappa shape index (κ3) is 3.00. The Morgan fingerprint density at radius 1 is 1.28 bits per heavy atom. The van der Waals surface area contributed by atoms with E-state index < -0.39 is 0 Å². The molecule has 3 N–H and O–H groups in total. The van der Waals surface area contributed by atoms with Crippen molar-refractivity contribution >= 4 is 18.3 Å². The number of halogens is 1. The van der Waals surface area contributed by atoms with Crippen molar-refractivity contribution in [2.24, 2.45) is 35.3 Å². The minimum absolute atomic E-state index is 0. The van der Waals surface area contributed by atoms with Gasteiger partial charge >= 0.3 is 0 Å². The Hall–Kier alpha value is -0.280. The zero-order chi connectivity index (χ0) is 12.6. The number of amides is 1. The summed E-state index contributed by atoms with van der Waals surface area (Å²) in [7, 11) is 0. The zero-order valence-corrected chi connectivity index (χ0v) is 12.5. The highest BCUT2D eigenvalue weighted by Gasteiger charge is 2.48. The molecule has 106 valence electrons. The number of hydrogen-bond acceptors (Lipinski definition) is 2. The fourth-order valence-electron chi connectivity index (χ4n) is 3.34. The molecule has 2 saturated carbocycles. The van der Waals surface area contributed by atoms with E-state index in [9.17, 15) is 4.79 Å². The molecule has 1 amide bonds. The summed E-state index contributed by atoms with van der Waals surface area (Å²) >= 11 is 0. The van der Waals surface area contributed by atoms with Crippen molar-refractivity contribution in [2.45, 2.75) is 46.1 Å². The van der Waals surface area contributed by atoms with Crippen LogP contribution in [0.15, 0.2) is 0 Å². The highest BCUT2D eigenvalue weighted by molar-refractivity contribution is 5.85. The maximum atomic E-state index is 12.2. The second-order valence-corrected chi connectivity index (χ2v) is 6.40. The topological polar surface area (TPSA) is 55.1 Å². The van der Waals surface area contributed by atoms with Crippen LogP contribution in [-0.2, 0) is 4.79 Å². The fourth-order valence-corrected chi connectivity index (χ4v) is 3.34. The van der Waals surface area contributed by atoms with Crippen LogP contribution >= 0.6 is 12.4 Å². The summed E-state index contributed by atoms with van der Waals surface area (Å²) in [4.78, 5) is 12.2. The average molecular weight is 275 g/mol. The van der Waals surface area contributed by atoms with Crippen molar-refractivity contribution in [2.75, 3.05) is 6.54 Å². The molecule has 2 rings (SSSR count). The van der Waals surface area contributed by atoms with E-state index >= 15 is 0 Å². The molecule has 2 bridgehead atoms. The summed E-state index contributed by atoms with van der Waals surface area (Å²) in [6.07, 6.45) is 3.62. The molecule has 5 atom stereocenters. The van der Waals surface area contributed by atoms with Gasteiger partial charge in [-0.15, -0.1) is 12.4 Å². The van der Waals surface area contributed by atoms with E-state index in [0.717, 1.165) is 6.54 Å². The van der Waals surface area contributed by atoms with Crippen molar-refractivity contribution in [3.63, 3.8) is 0 Å². The van der Waals surface area contributed by atoms with Gasteiger partial charge in [-0.1, -0.05) is 20.8 Å². The van der Waals surface area contributed by atoms with E-state index in [0.29, 0.717) is 23.7 Å². The molecule has 0 saturated heterocycles. The Morgan fingerprint density at radius 2 is 1.89 bits per heavy atom. The molecule has 4 heteroatoms. The lowest BCUT2D eigenvalue weighted by Crippen LogP contribution is -2.46. The van der Waals surface area contributed by atoms with E-state index in [4.69, 9.17) is 5.73 Å². The van der Waals surface area contributed by atoms with Crippen molar-refractivity contribution in [1.82, 2.24) is 5.32 Å². The number of rotatable bonds is 4. The number of nitrogens with one attached hydrogen (secondary N) is 1. The molecule has 0 radical (unpaired) electrons. The lowest BCUT2D eigenvalue weighted by molar-refractivity contribution is -0.127. The molecule has 3 nitrogen and oxygen atoms in total. The first kappa shape index (κ1) is 15.8. The van der Waals surface area contributed by atoms with Crippen LogP contribution in [-0.4, -0.2) is 18.5 Å². The van der Waals surface area contributed by atoms with Crippen molar-refractivity contribution in [1.29, 1.82) is 0 Å². The van der Waals surface area contributed by atoms with Gasteiger partial charge in [-0.25, -0.2) is 0 Å². The average Bonchev–Trinajstić information content (AvgIpc) is 2.85. The van der Waals surface area contributed by atoms with Crippen LogP contribution < -0.4 is 11.1 Å². The largest absolute Gasteiger partial charge is 0.356 e. The Bertz CT molecular complexity index is 294. The minimum atomic E-state index is 0. The Labute approximate surface area is 117 Å². The summed E-state index contributed by atoms with van der Waals surface area (Å²) in [5.74, 6) is 2.62. The second-order valence-electron chi connectivity index (χ2n) is 6.40. The second kappa shape index (κ2) is 6.25. The molecule has 2 aliphatic rings.